The first kappa shape index (κ1) is 13.5. The highest BCUT2D eigenvalue weighted by Gasteiger charge is 2.27. The zero-order valence-electron chi connectivity index (χ0n) is 10.9. The molecule has 99 valence electrons. The van der Waals surface area contributed by atoms with Crippen LogP contribution in [0.2, 0.25) is 0 Å². The van der Waals surface area contributed by atoms with Crippen LogP contribution in [0.3, 0.4) is 0 Å². The summed E-state index contributed by atoms with van der Waals surface area (Å²) < 4.78 is 0. The van der Waals surface area contributed by atoms with Crippen molar-refractivity contribution >= 4 is 6.29 Å². The largest absolute Gasteiger partial charge is 0.307 e. The van der Waals surface area contributed by atoms with Crippen molar-refractivity contribution in [2.45, 2.75) is 38.1 Å². The van der Waals surface area contributed by atoms with Crippen LogP contribution in [-0.4, -0.2) is 43.4 Å². The molecule has 1 saturated heterocycles. The molecule has 2 atom stereocenters. The minimum atomic E-state index is 0.280. The van der Waals surface area contributed by atoms with Gasteiger partial charge in [0.2, 0.25) is 6.29 Å². The molecule has 1 radical (unpaired) electrons. The van der Waals surface area contributed by atoms with Gasteiger partial charge in [0.1, 0.15) is 0 Å². The van der Waals surface area contributed by atoms with E-state index in [9.17, 15) is 4.79 Å². The Morgan fingerprint density at radius 2 is 2.00 bits per heavy atom. The van der Waals surface area contributed by atoms with Gasteiger partial charge in [-0.15, -0.1) is 0 Å². The van der Waals surface area contributed by atoms with Crippen molar-refractivity contribution in [3.05, 3.63) is 0 Å². The van der Waals surface area contributed by atoms with E-state index in [2.05, 4.69) is 16.3 Å². The quantitative estimate of drug-likeness (QED) is 0.791. The molecular formula is C14H22N3O. The van der Waals surface area contributed by atoms with Crippen LogP contribution in [0.1, 0.15) is 32.1 Å². The summed E-state index contributed by atoms with van der Waals surface area (Å²) in [6.45, 7) is 3.69. The van der Waals surface area contributed by atoms with Gasteiger partial charge in [-0.25, -0.2) is 0 Å². The number of rotatable bonds is 5. The summed E-state index contributed by atoms with van der Waals surface area (Å²) in [5.74, 6) is 1.04. The molecule has 4 nitrogen and oxygen atoms in total. The Hall–Kier alpha value is -0.920. The molecule has 2 fully saturated rings. The predicted molar refractivity (Wildman–Crippen MR) is 69.6 cm³/mol. The lowest BCUT2D eigenvalue weighted by atomic mass is 9.97. The molecule has 0 bridgehead atoms. The van der Waals surface area contributed by atoms with Crippen LogP contribution >= 0.6 is 0 Å². The first-order valence-electron chi connectivity index (χ1n) is 7.02. The van der Waals surface area contributed by atoms with Gasteiger partial charge in [-0.2, -0.15) is 5.26 Å². The van der Waals surface area contributed by atoms with Gasteiger partial charge in [-0.05, 0) is 51.1 Å². The molecule has 1 N–H and O–H groups in total. The fourth-order valence-corrected chi connectivity index (χ4v) is 3.22. The Balaban J connectivity index is 1.66. The molecule has 1 aliphatic heterocycles. The van der Waals surface area contributed by atoms with Gasteiger partial charge in [-0.1, -0.05) is 0 Å². The van der Waals surface area contributed by atoms with Crippen LogP contribution in [0.25, 0.3) is 0 Å². The average molecular weight is 248 g/mol. The van der Waals surface area contributed by atoms with Crippen molar-refractivity contribution in [3.63, 3.8) is 0 Å². The van der Waals surface area contributed by atoms with Crippen LogP contribution in [0.4, 0.5) is 0 Å². The van der Waals surface area contributed by atoms with Crippen molar-refractivity contribution in [1.29, 1.82) is 5.26 Å². The SMILES string of the molecule is N#CC1CCN(C[C@@H]2CC[C@H](NC[C]=O)C2)CC1. The smallest absolute Gasteiger partial charge is 0.213 e. The molecule has 2 rings (SSSR count). The van der Waals surface area contributed by atoms with Crippen LogP contribution in [0.5, 0.6) is 0 Å². The summed E-state index contributed by atoms with van der Waals surface area (Å²) in [5, 5.41) is 12.1. The second-order valence-electron chi connectivity index (χ2n) is 5.61. The van der Waals surface area contributed by atoms with Gasteiger partial charge < -0.3 is 10.2 Å². The number of piperidine rings is 1. The summed E-state index contributed by atoms with van der Waals surface area (Å²) in [5.41, 5.74) is 0. The van der Waals surface area contributed by atoms with Crippen LogP contribution in [0, 0.1) is 23.2 Å². The summed E-state index contributed by atoms with van der Waals surface area (Å²) in [4.78, 5) is 12.7. The van der Waals surface area contributed by atoms with E-state index in [0.717, 1.165) is 31.8 Å². The third-order valence-corrected chi connectivity index (χ3v) is 4.29. The Morgan fingerprint density at radius 1 is 1.22 bits per heavy atom. The van der Waals surface area contributed by atoms with E-state index in [-0.39, 0.29) is 5.92 Å². The highest BCUT2D eigenvalue weighted by atomic mass is 16.1. The lowest BCUT2D eigenvalue weighted by molar-refractivity contribution is 0.177. The molecule has 0 unspecified atom stereocenters. The lowest BCUT2D eigenvalue weighted by Gasteiger charge is -2.31. The molecule has 0 spiro atoms. The number of nitriles is 1. The fourth-order valence-electron chi connectivity index (χ4n) is 3.22. The second kappa shape index (κ2) is 6.86. The molecular weight excluding hydrogens is 226 g/mol. The van der Waals surface area contributed by atoms with E-state index >= 15 is 0 Å². The van der Waals surface area contributed by atoms with Gasteiger partial charge in [0, 0.05) is 18.5 Å². The van der Waals surface area contributed by atoms with E-state index in [1.165, 1.54) is 25.8 Å². The average Bonchev–Trinajstić information content (AvgIpc) is 2.85. The molecule has 1 aliphatic carbocycles. The molecule has 0 aromatic rings. The predicted octanol–water partition coefficient (Wildman–Crippen LogP) is 1.09. The third kappa shape index (κ3) is 3.79. The van der Waals surface area contributed by atoms with Crippen molar-refractivity contribution in [1.82, 2.24) is 10.2 Å². The highest BCUT2D eigenvalue weighted by Crippen LogP contribution is 2.27. The standard InChI is InChI=1S/C14H22N3O/c15-10-12-3-6-17(7-4-12)11-13-1-2-14(9-13)16-5-8-18/h12-14,16H,1-7,9,11H2/t13-,14+/m1/s1. The molecule has 1 saturated carbocycles. The summed E-state index contributed by atoms with van der Waals surface area (Å²) >= 11 is 0. The van der Waals surface area contributed by atoms with Crippen molar-refractivity contribution < 1.29 is 4.79 Å². The Morgan fingerprint density at radius 3 is 2.67 bits per heavy atom. The summed E-state index contributed by atoms with van der Waals surface area (Å²) in [6, 6.07) is 2.88. The normalized spacial score (nSPS) is 30.2. The minimum Gasteiger partial charge on any atom is -0.307 e. The third-order valence-electron chi connectivity index (χ3n) is 4.29. The van der Waals surface area contributed by atoms with E-state index in [0.29, 0.717) is 12.6 Å². The van der Waals surface area contributed by atoms with Crippen LogP contribution < -0.4 is 5.32 Å². The van der Waals surface area contributed by atoms with Crippen molar-refractivity contribution in [3.8, 4) is 6.07 Å². The van der Waals surface area contributed by atoms with Crippen molar-refractivity contribution in [2.75, 3.05) is 26.2 Å². The number of nitrogens with zero attached hydrogens (tertiary/aromatic N) is 2. The topological polar surface area (TPSA) is 56.1 Å². The van der Waals surface area contributed by atoms with Gasteiger partial charge in [0.05, 0.1) is 12.6 Å². The summed E-state index contributed by atoms with van der Waals surface area (Å²) in [7, 11) is 0. The Kier molecular flexibility index (Phi) is 5.15. The maximum absolute atomic E-state index is 10.2. The maximum Gasteiger partial charge on any atom is 0.213 e. The zero-order chi connectivity index (χ0) is 12.8. The van der Waals surface area contributed by atoms with Gasteiger partial charge in [0.15, 0.2) is 0 Å². The number of nitrogens with one attached hydrogen (secondary N) is 1. The maximum atomic E-state index is 10.2. The number of carbonyl (C=O) groups excluding carboxylic acids is 1. The number of hydrogen-bond acceptors (Lipinski definition) is 4. The molecule has 4 heteroatoms. The molecule has 0 aromatic carbocycles. The molecule has 2 aliphatic rings. The Bertz CT molecular complexity index is 305. The van der Waals surface area contributed by atoms with Crippen molar-refractivity contribution in [2.24, 2.45) is 11.8 Å². The number of hydrogen-bond donors (Lipinski definition) is 1. The lowest BCUT2D eigenvalue weighted by Crippen LogP contribution is -2.37. The molecule has 1 heterocycles. The second-order valence-corrected chi connectivity index (χ2v) is 5.61. The number of likely N-dealkylation sites (tertiary alicyclic amines) is 1. The van der Waals surface area contributed by atoms with E-state index in [1.54, 1.807) is 0 Å². The fraction of sp³-hybridized carbons (Fsp3) is 0.857. The van der Waals surface area contributed by atoms with Gasteiger partial charge in [0.25, 0.3) is 0 Å². The highest BCUT2D eigenvalue weighted by molar-refractivity contribution is 5.52. The van der Waals surface area contributed by atoms with Gasteiger partial charge >= 0.3 is 0 Å². The molecule has 0 aromatic heterocycles. The summed E-state index contributed by atoms with van der Waals surface area (Å²) in [6.07, 6.45) is 7.59. The van der Waals surface area contributed by atoms with E-state index in [1.807, 2.05) is 6.29 Å². The first-order valence-corrected chi connectivity index (χ1v) is 7.02. The monoisotopic (exact) mass is 248 g/mol. The van der Waals surface area contributed by atoms with E-state index < -0.39 is 0 Å². The Labute approximate surface area is 109 Å². The van der Waals surface area contributed by atoms with Crippen LogP contribution in [-0.2, 0) is 4.79 Å². The molecule has 0 amide bonds. The van der Waals surface area contributed by atoms with Crippen LogP contribution in [0.15, 0.2) is 0 Å². The molecule has 18 heavy (non-hydrogen) atoms. The minimum absolute atomic E-state index is 0.280. The first-order chi connectivity index (χ1) is 8.81. The van der Waals surface area contributed by atoms with E-state index in [4.69, 9.17) is 5.26 Å². The van der Waals surface area contributed by atoms with Gasteiger partial charge in [-0.3, -0.25) is 4.79 Å². The zero-order valence-corrected chi connectivity index (χ0v) is 10.9.